The molecule has 0 amide bonds. The lowest BCUT2D eigenvalue weighted by atomic mass is 10.1. The Bertz CT molecular complexity index is 609. The molecule has 0 saturated heterocycles. The number of benzene rings is 1. The monoisotopic (exact) mass is 271 g/mol. The maximum atomic E-state index is 5.16. The first-order valence-corrected chi connectivity index (χ1v) is 7.41. The van der Waals surface area contributed by atoms with Gasteiger partial charge in [0.05, 0.1) is 12.5 Å². The van der Waals surface area contributed by atoms with Crippen LogP contribution in [0.25, 0.3) is 10.1 Å². The number of fused-ring (bicyclic) bond motifs is 1. The molecule has 0 radical (unpaired) electrons. The number of hydrogen-bond donors (Lipinski definition) is 1. The van der Waals surface area contributed by atoms with Crippen molar-refractivity contribution >= 4 is 21.4 Å². The van der Waals surface area contributed by atoms with Crippen LogP contribution in [0.15, 0.2) is 53.3 Å². The van der Waals surface area contributed by atoms with Gasteiger partial charge in [-0.05, 0) is 42.1 Å². The van der Waals surface area contributed by atoms with E-state index in [1.165, 1.54) is 20.5 Å². The summed E-state index contributed by atoms with van der Waals surface area (Å²) in [6.45, 7) is 3.12. The molecule has 1 aromatic carbocycles. The van der Waals surface area contributed by atoms with Gasteiger partial charge < -0.3 is 9.73 Å². The van der Waals surface area contributed by atoms with E-state index in [2.05, 4.69) is 42.6 Å². The zero-order chi connectivity index (χ0) is 13.1. The molecule has 0 spiro atoms. The van der Waals surface area contributed by atoms with E-state index < -0.39 is 0 Å². The second-order valence-corrected chi connectivity index (χ2v) is 5.75. The molecule has 1 N–H and O–H groups in total. The Morgan fingerprint density at radius 1 is 1.26 bits per heavy atom. The summed E-state index contributed by atoms with van der Waals surface area (Å²) in [4.78, 5) is 1.39. The lowest BCUT2D eigenvalue weighted by Crippen LogP contribution is -2.21. The molecule has 2 aromatic heterocycles. The van der Waals surface area contributed by atoms with Gasteiger partial charge in [-0.1, -0.05) is 25.1 Å². The molecule has 1 unspecified atom stereocenters. The van der Waals surface area contributed by atoms with E-state index in [1.54, 1.807) is 6.26 Å². The fourth-order valence-electron chi connectivity index (χ4n) is 2.34. The van der Waals surface area contributed by atoms with Crippen molar-refractivity contribution in [3.8, 4) is 0 Å². The van der Waals surface area contributed by atoms with E-state index in [-0.39, 0.29) is 0 Å². The standard InChI is InChI=1S/C16H17NOS/c1-2-17-14(9-12-7-8-18-11-12)16-10-13-5-3-4-6-15(13)19-16/h3-8,10-11,14,17H,2,9H2,1H3. The molecule has 19 heavy (non-hydrogen) atoms. The average molecular weight is 271 g/mol. The summed E-state index contributed by atoms with van der Waals surface area (Å²) in [7, 11) is 0. The van der Waals surface area contributed by atoms with E-state index >= 15 is 0 Å². The average Bonchev–Trinajstić information content (AvgIpc) is 3.06. The van der Waals surface area contributed by atoms with Gasteiger partial charge in [-0.25, -0.2) is 0 Å². The van der Waals surface area contributed by atoms with Crippen molar-refractivity contribution < 1.29 is 4.42 Å². The van der Waals surface area contributed by atoms with Crippen LogP contribution in [0, 0.1) is 0 Å². The lowest BCUT2D eigenvalue weighted by molar-refractivity contribution is 0.540. The van der Waals surface area contributed by atoms with Gasteiger partial charge in [0.2, 0.25) is 0 Å². The first kappa shape index (κ1) is 12.5. The Kier molecular flexibility index (Phi) is 3.67. The predicted octanol–water partition coefficient (Wildman–Crippen LogP) is 4.39. The minimum atomic E-state index is 0.361. The first-order valence-electron chi connectivity index (χ1n) is 6.59. The smallest absolute Gasteiger partial charge is 0.0935 e. The lowest BCUT2D eigenvalue weighted by Gasteiger charge is -2.15. The summed E-state index contributed by atoms with van der Waals surface area (Å²) in [6.07, 6.45) is 4.54. The molecular weight excluding hydrogens is 254 g/mol. The normalized spacial score (nSPS) is 12.9. The van der Waals surface area contributed by atoms with Crippen molar-refractivity contribution in [2.24, 2.45) is 0 Å². The number of furan rings is 1. The van der Waals surface area contributed by atoms with E-state index in [4.69, 9.17) is 4.42 Å². The third-order valence-corrected chi connectivity index (χ3v) is 4.49. The van der Waals surface area contributed by atoms with E-state index in [9.17, 15) is 0 Å². The zero-order valence-corrected chi connectivity index (χ0v) is 11.7. The minimum Gasteiger partial charge on any atom is -0.472 e. The van der Waals surface area contributed by atoms with Crippen molar-refractivity contribution in [2.75, 3.05) is 6.54 Å². The van der Waals surface area contributed by atoms with Gasteiger partial charge in [0.15, 0.2) is 0 Å². The number of likely N-dealkylation sites (N-methyl/N-ethyl adjacent to an activating group) is 1. The van der Waals surface area contributed by atoms with Gasteiger partial charge >= 0.3 is 0 Å². The second-order valence-electron chi connectivity index (χ2n) is 4.63. The fraction of sp³-hybridized carbons (Fsp3) is 0.250. The SMILES string of the molecule is CCNC(Cc1ccoc1)c1cc2ccccc2s1. The van der Waals surface area contributed by atoms with E-state index in [1.807, 2.05) is 23.7 Å². The maximum Gasteiger partial charge on any atom is 0.0935 e. The van der Waals surface area contributed by atoms with Crippen LogP contribution in [0.2, 0.25) is 0 Å². The molecule has 2 nitrogen and oxygen atoms in total. The molecule has 2 heterocycles. The molecule has 0 aliphatic carbocycles. The van der Waals surface area contributed by atoms with Crippen LogP contribution in [0.1, 0.15) is 23.4 Å². The molecular formula is C16H17NOS. The molecule has 0 aliphatic rings. The number of thiophene rings is 1. The summed E-state index contributed by atoms with van der Waals surface area (Å²) in [6, 6.07) is 13.3. The molecule has 0 fully saturated rings. The van der Waals surface area contributed by atoms with Gasteiger partial charge in [0.1, 0.15) is 0 Å². The van der Waals surface area contributed by atoms with Gasteiger partial charge in [0.25, 0.3) is 0 Å². The number of nitrogens with one attached hydrogen (secondary N) is 1. The zero-order valence-electron chi connectivity index (χ0n) is 10.9. The van der Waals surface area contributed by atoms with E-state index in [0.717, 1.165) is 13.0 Å². The molecule has 3 aromatic rings. The first-order chi connectivity index (χ1) is 9.36. The van der Waals surface area contributed by atoms with Crippen molar-refractivity contribution in [3.63, 3.8) is 0 Å². The number of rotatable bonds is 5. The molecule has 98 valence electrons. The Labute approximate surface area is 117 Å². The van der Waals surface area contributed by atoms with Gasteiger partial charge in [-0.15, -0.1) is 11.3 Å². The largest absolute Gasteiger partial charge is 0.472 e. The van der Waals surface area contributed by atoms with Crippen LogP contribution < -0.4 is 5.32 Å². The summed E-state index contributed by atoms with van der Waals surface area (Å²) >= 11 is 1.87. The van der Waals surface area contributed by atoms with Gasteiger partial charge in [-0.2, -0.15) is 0 Å². The minimum absolute atomic E-state index is 0.361. The summed E-state index contributed by atoms with van der Waals surface area (Å²) in [5, 5.41) is 4.90. The van der Waals surface area contributed by atoms with Crippen molar-refractivity contribution in [1.82, 2.24) is 5.32 Å². The Hall–Kier alpha value is -1.58. The quantitative estimate of drug-likeness (QED) is 0.744. The summed E-state index contributed by atoms with van der Waals surface area (Å²) in [5.41, 5.74) is 1.24. The highest BCUT2D eigenvalue weighted by molar-refractivity contribution is 7.19. The summed E-state index contributed by atoms with van der Waals surface area (Å²) < 4.78 is 6.52. The summed E-state index contributed by atoms with van der Waals surface area (Å²) in [5.74, 6) is 0. The molecule has 1 atom stereocenters. The highest BCUT2D eigenvalue weighted by atomic mass is 32.1. The van der Waals surface area contributed by atoms with Gasteiger partial charge in [-0.3, -0.25) is 0 Å². The molecule has 3 heteroatoms. The van der Waals surface area contributed by atoms with Crippen molar-refractivity contribution in [3.05, 3.63) is 59.4 Å². The fourth-order valence-corrected chi connectivity index (χ4v) is 3.48. The van der Waals surface area contributed by atoms with Crippen LogP contribution in [-0.2, 0) is 6.42 Å². The Morgan fingerprint density at radius 2 is 2.16 bits per heavy atom. The van der Waals surface area contributed by atoms with E-state index in [0.29, 0.717) is 6.04 Å². The molecule has 0 aliphatic heterocycles. The van der Waals surface area contributed by atoms with Crippen molar-refractivity contribution in [2.45, 2.75) is 19.4 Å². The predicted molar refractivity (Wildman–Crippen MR) is 80.7 cm³/mol. The third-order valence-electron chi connectivity index (χ3n) is 3.26. The molecule has 0 saturated carbocycles. The third kappa shape index (κ3) is 2.72. The van der Waals surface area contributed by atoms with Crippen LogP contribution in [0.4, 0.5) is 0 Å². The Morgan fingerprint density at radius 3 is 2.89 bits per heavy atom. The molecule has 0 bridgehead atoms. The maximum absolute atomic E-state index is 5.16. The van der Waals surface area contributed by atoms with Gasteiger partial charge in [0, 0.05) is 15.6 Å². The van der Waals surface area contributed by atoms with Crippen LogP contribution >= 0.6 is 11.3 Å². The highest BCUT2D eigenvalue weighted by Crippen LogP contribution is 2.31. The highest BCUT2D eigenvalue weighted by Gasteiger charge is 2.14. The Balaban J connectivity index is 1.90. The van der Waals surface area contributed by atoms with Crippen molar-refractivity contribution in [1.29, 1.82) is 0 Å². The second kappa shape index (κ2) is 5.59. The van der Waals surface area contributed by atoms with Crippen LogP contribution in [-0.4, -0.2) is 6.54 Å². The van der Waals surface area contributed by atoms with Crippen LogP contribution in [0.5, 0.6) is 0 Å². The topological polar surface area (TPSA) is 25.2 Å². The number of hydrogen-bond acceptors (Lipinski definition) is 3. The molecule has 3 rings (SSSR count). The van der Waals surface area contributed by atoms with Crippen LogP contribution in [0.3, 0.4) is 0 Å².